The van der Waals surface area contributed by atoms with E-state index in [0.29, 0.717) is 19.8 Å². The fourth-order valence-corrected chi connectivity index (χ4v) is 3.00. The van der Waals surface area contributed by atoms with Gasteiger partial charge in [-0.3, -0.25) is 0 Å². The molecule has 0 radical (unpaired) electrons. The van der Waals surface area contributed by atoms with Crippen LogP contribution >= 0.6 is 0 Å². The van der Waals surface area contributed by atoms with Gasteiger partial charge >= 0.3 is 7.12 Å². The first-order chi connectivity index (χ1) is 11.8. The minimum absolute atomic E-state index is 0.304. The second-order valence-electron chi connectivity index (χ2n) is 7.54. The lowest BCUT2D eigenvalue weighted by molar-refractivity contribution is -0.0442. The number of hydrogen-bond acceptors (Lipinski definition) is 5. The SMILES string of the molecule is CNCC(=Cc1ccccc1C1OCCO1)B1OC(C)(C)C(C)(C)O1. The fraction of sp³-hybridized carbons (Fsp3) is 0.579. The zero-order valence-corrected chi connectivity index (χ0v) is 15.8. The molecule has 25 heavy (non-hydrogen) atoms. The highest BCUT2D eigenvalue weighted by molar-refractivity contribution is 6.55. The van der Waals surface area contributed by atoms with Gasteiger partial charge in [-0.25, -0.2) is 0 Å². The van der Waals surface area contributed by atoms with Crippen molar-refractivity contribution < 1.29 is 18.8 Å². The van der Waals surface area contributed by atoms with E-state index in [0.717, 1.165) is 16.6 Å². The topological polar surface area (TPSA) is 49.0 Å². The van der Waals surface area contributed by atoms with Gasteiger partial charge in [0.2, 0.25) is 0 Å². The third-order valence-corrected chi connectivity index (χ3v) is 5.15. The summed E-state index contributed by atoms with van der Waals surface area (Å²) < 4.78 is 23.8. The Kier molecular flexibility index (Phi) is 5.37. The van der Waals surface area contributed by atoms with E-state index >= 15 is 0 Å². The Bertz CT molecular complexity index is 622. The molecule has 5 nitrogen and oxygen atoms in total. The van der Waals surface area contributed by atoms with Crippen LogP contribution in [0.1, 0.15) is 45.1 Å². The van der Waals surface area contributed by atoms with Crippen LogP contribution in [0.2, 0.25) is 0 Å². The monoisotopic (exact) mass is 345 g/mol. The Hall–Kier alpha value is -1.18. The number of nitrogens with one attached hydrogen (secondary N) is 1. The smallest absolute Gasteiger partial charge is 0.400 e. The molecule has 2 saturated heterocycles. The molecule has 2 heterocycles. The molecule has 2 fully saturated rings. The molecular weight excluding hydrogens is 317 g/mol. The number of benzene rings is 1. The van der Waals surface area contributed by atoms with Crippen molar-refractivity contribution in [3.63, 3.8) is 0 Å². The van der Waals surface area contributed by atoms with Crippen LogP contribution in [0, 0.1) is 0 Å². The van der Waals surface area contributed by atoms with Crippen LogP contribution in [0.4, 0.5) is 0 Å². The molecule has 0 unspecified atom stereocenters. The third-order valence-electron chi connectivity index (χ3n) is 5.15. The van der Waals surface area contributed by atoms with Gasteiger partial charge < -0.3 is 24.1 Å². The molecule has 1 N–H and O–H groups in total. The standard InChI is InChI=1S/C19H28BNO4/c1-18(2)19(3,4)25-20(24-18)15(13-21-5)12-14-8-6-7-9-16(14)17-22-10-11-23-17/h6-9,12,17,21H,10-11,13H2,1-5H3. The largest absolute Gasteiger partial charge is 0.491 e. The third kappa shape index (κ3) is 3.83. The first-order valence-electron chi connectivity index (χ1n) is 8.87. The number of ether oxygens (including phenoxy) is 2. The maximum Gasteiger partial charge on any atom is 0.491 e. The summed E-state index contributed by atoms with van der Waals surface area (Å²) in [7, 11) is 1.55. The van der Waals surface area contributed by atoms with Crippen molar-refractivity contribution in [2.45, 2.75) is 45.2 Å². The van der Waals surface area contributed by atoms with Gasteiger partial charge in [-0.2, -0.15) is 0 Å². The number of likely N-dealkylation sites (N-methyl/N-ethyl adjacent to an activating group) is 1. The maximum absolute atomic E-state index is 6.22. The molecule has 0 aromatic heterocycles. The van der Waals surface area contributed by atoms with E-state index < -0.39 is 0 Å². The van der Waals surface area contributed by atoms with Crippen LogP contribution in [0.15, 0.2) is 29.7 Å². The summed E-state index contributed by atoms with van der Waals surface area (Å²) in [5, 5.41) is 3.22. The van der Waals surface area contributed by atoms with Gasteiger partial charge in [-0.15, -0.1) is 0 Å². The highest BCUT2D eigenvalue weighted by atomic mass is 16.7. The molecule has 0 spiro atoms. The van der Waals surface area contributed by atoms with Gasteiger partial charge in [0.1, 0.15) is 0 Å². The minimum atomic E-state index is -0.379. The predicted molar refractivity (Wildman–Crippen MR) is 99.1 cm³/mol. The molecule has 0 aliphatic carbocycles. The molecular formula is C19H28BNO4. The summed E-state index contributed by atoms with van der Waals surface area (Å²) in [5.41, 5.74) is 2.43. The first-order valence-corrected chi connectivity index (χ1v) is 8.87. The fourth-order valence-electron chi connectivity index (χ4n) is 3.00. The van der Waals surface area contributed by atoms with Gasteiger partial charge in [-0.05, 0) is 45.8 Å². The van der Waals surface area contributed by atoms with E-state index in [1.54, 1.807) is 0 Å². The molecule has 1 aromatic rings. The van der Waals surface area contributed by atoms with E-state index in [9.17, 15) is 0 Å². The van der Waals surface area contributed by atoms with Crippen LogP contribution in [0.25, 0.3) is 6.08 Å². The molecule has 6 heteroatoms. The Morgan fingerprint density at radius 3 is 2.32 bits per heavy atom. The molecule has 3 rings (SSSR count). The van der Waals surface area contributed by atoms with Gasteiger partial charge in [0.25, 0.3) is 0 Å². The normalized spacial score (nSPS) is 23.4. The molecule has 0 amide bonds. The van der Waals surface area contributed by atoms with Crippen LogP contribution in [-0.4, -0.2) is 45.1 Å². The minimum Gasteiger partial charge on any atom is -0.400 e. The zero-order chi connectivity index (χ0) is 18.1. The Morgan fingerprint density at radius 2 is 1.72 bits per heavy atom. The molecule has 1 aromatic carbocycles. The quantitative estimate of drug-likeness (QED) is 0.832. The lowest BCUT2D eigenvalue weighted by atomic mass is 9.76. The van der Waals surface area contributed by atoms with Crippen molar-refractivity contribution in [1.82, 2.24) is 5.32 Å². The number of rotatable bonds is 5. The average molecular weight is 345 g/mol. The van der Waals surface area contributed by atoms with Crippen LogP contribution in [0.5, 0.6) is 0 Å². The van der Waals surface area contributed by atoms with Crippen molar-refractivity contribution >= 4 is 13.2 Å². The molecule has 2 aliphatic heterocycles. The van der Waals surface area contributed by atoms with Crippen LogP contribution in [-0.2, 0) is 18.8 Å². The van der Waals surface area contributed by atoms with Gasteiger partial charge in [-0.1, -0.05) is 30.3 Å². The van der Waals surface area contributed by atoms with Crippen molar-refractivity contribution in [3.8, 4) is 0 Å². The summed E-state index contributed by atoms with van der Waals surface area (Å²) in [5.74, 6) is 0. The van der Waals surface area contributed by atoms with Crippen molar-refractivity contribution in [2.75, 3.05) is 26.8 Å². The maximum atomic E-state index is 6.22. The van der Waals surface area contributed by atoms with E-state index in [1.807, 2.05) is 25.2 Å². The number of hydrogen-bond donors (Lipinski definition) is 1. The van der Waals surface area contributed by atoms with Gasteiger partial charge in [0.05, 0.1) is 24.4 Å². The summed E-state index contributed by atoms with van der Waals surface area (Å²) in [4.78, 5) is 0. The van der Waals surface area contributed by atoms with Crippen molar-refractivity contribution in [3.05, 3.63) is 40.9 Å². The molecule has 0 saturated carbocycles. The van der Waals surface area contributed by atoms with Gasteiger partial charge in [0.15, 0.2) is 6.29 Å². The Morgan fingerprint density at radius 1 is 1.12 bits per heavy atom. The van der Waals surface area contributed by atoms with Crippen LogP contribution in [0.3, 0.4) is 0 Å². The van der Waals surface area contributed by atoms with Crippen LogP contribution < -0.4 is 5.32 Å². The van der Waals surface area contributed by atoms with E-state index in [4.69, 9.17) is 18.8 Å². The Labute approximate surface area is 150 Å². The van der Waals surface area contributed by atoms with Crippen molar-refractivity contribution in [2.24, 2.45) is 0 Å². The second kappa shape index (κ2) is 7.21. The lowest BCUT2D eigenvalue weighted by Crippen LogP contribution is -2.41. The highest BCUT2D eigenvalue weighted by Crippen LogP contribution is 2.39. The zero-order valence-electron chi connectivity index (χ0n) is 15.8. The van der Waals surface area contributed by atoms with E-state index in [1.165, 1.54) is 0 Å². The second-order valence-corrected chi connectivity index (χ2v) is 7.54. The summed E-state index contributed by atoms with van der Waals surface area (Å²) in [6, 6.07) is 8.14. The van der Waals surface area contributed by atoms with Gasteiger partial charge in [0, 0.05) is 12.1 Å². The predicted octanol–water partition coefficient (Wildman–Crippen LogP) is 2.97. The summed E-state index contributed by atoms with van der Waals surface area (Å²) in [6.07, 6.45) is 1.82. The summed E-state index contributed by atoms with van der Waals surface area (Å²) >= 11 is 0. The highest BCUT2D eigenvalue weighted by Gasteiger charge is 2.52. The molecule has 2 aliphatic rings. The summed E-state index contributed by atoms with van der Waals surface area (Å²) in [6.45, 7) is 10.2. The molecule has 0 atom stereocenters. The average Bonchev–Trinajstić information content (AvgIpc) is 3.14. The first kappa shape index (κ1) is 18.6. The molecule has 136 valence electrons. The lowest BCUT2D eigenvalue weighted by Gasteiger charge is -2.32. The van der Waals surface area contributed by atoms with Crippen molar-refractivity contribution in [1.29, 1.82) is 0 Å². The molecule has 0 bridgehead atoms. The Balaban J connectivity index is 1.91. The van der Waals surface area contributed by atoms with E-state index in [2.05, 4.69) is 45.2 Å². The van der Waals surface area contributed by atoms with E-state index in [-0.39, 0.29) is 24.6 Å².